The molecule has 2 heterocycles. The Kier molecular flexibility index (Phi) is 5.85. The predicted molar refractivity (Wildman–Crippen MR) is 104 cm³/mol. The number of esters is 1. The zero-order chi connectivity index (χ0) is 19.4. The number of hydrogen-bond acceptors (Lipinski definition) is 7. The number of nitrogens with one attached hydrogen (secondary N) is 1. The van der Waals surface area contributed by atoms with Crippen molar-refractivity contribution in [3.8, 4) is 0 Å². The average Bonchev–Trinajstić information content (AvgIpc) is 2.65. The van der Waals surface area contributed by atoms with Crippen LogP contribution in [0.3, 0.4) is 0 Å². The minimum absolute atomic E-state index is 0.0707. The van der Waals surface area contributed by atoms with Gasteiger partial charge < -0.3 is 9.72 Å². The van der Waals surface area contributed by atoms with Crippen LogP contribution in [-0.4, -0.2) is 32.2 Å². The lowest BCUT2D eigenvalue weighted by Gasteiger charge is -2.10. The average molecular weight is 384 g/mol. The van der Waals surface area contributed by atoms with E-state index in [0.29, 0.717) is 23.1 Å². The van der Waals surface area contributed by atoms with Crippen LogP contribution >= 0.6 is 11.8 Å². The Morgan fingerprint density at radius 2 is 1.85 bits per heavy atom. The van der Waals surface area contributed by atoms with Crippen molar-refractivity contribution in [3.63, 3.8) is 0 Å². The zero-order valence-corrected chi connectivity index (χ0v) is 16.2. The van der Waals surface area contributed by atoms with Gasteiger partial charge in [-0.3, -0.25) is 9.59 Å². The quantitative estimate of drug-likeness (QED) is 0.396. The zero-order valence-electron chi connectivity index (χ0n) is 15.4. The van der Waals surface area contributed by atoms with E-state index < -0.39 is 0 Å². The lowest BCUT2D eigenvalue weighted by molar-refractivity contribution is -0.145. The molecule has 3 aromatic rings. The number of aromatic amines is 1. The van der Waals surface area contributed by atoms with Crippen molar-refractivity contribution in [2.75, 3.05) is 6.26 Å². The molecule has 0 spiro atoms. The van der Waals surface area contributed by atoms with Crippen LogP contribution in [-0.2, 0) is 22.6 Å². The van der Waals surface area contributed by atoms with Gasteiger partial charge in [0.1, 0.15) is 12.4 Å². The number of rotatable bonds is 6. The van der Waals surface area contributed by atoms with Crippen LogP contribution in [0.1, 0.15) is 29.2 Å². The second-order valence-electron chi connectivity index (χ2n) is 6.05. The molecule has 1 aromatic carbocycles. The van der Waals surface area contributed by atoms with Gasteiger partial charge in [0, 0.05) is 17.8 Å². The third kappa shape index (κ3) is 4.51. The van der Waals surface area contributed by atoms with Crippen molar-refractivity contribution in [2.45, 2.75) is 38.5 Å². The van der Waals surface area contributed by atoms with Gasteiger partial charge in [-0.15, -0.1) is 0 Å². The molecule has 0 saturated heterocycles. The number of carbonyl (C=O) groups is 1. The first-order valence-electron chi connectivity index (χ1n) is 8.49. The Morgan fingerprint density at radius 1 is 1.15 bits per heavy atom. The molecule has 0 fully saturated rings. The Morgan fingerprint density at radius 3 is 2.56 bits per heavy atom. The predicted octanol–water partition coefficient (Wildman–Crippen LogP) is 2.73. The number of para-hydroxylation sites is 1. The molecule has 0 aliphatic heterocycles. The molecule has 0 aliphatic carbocycles. The van der Waals surface area contributed by atoms with Crippen molar-refractivity contribution in [2.24, 2.45) is 0 Å². The summed E-state index contributed by atoms with van der Waals surface area (Å²) in [5.41, 5.74) is 3.04. The van der Waals surface area contributed by atoms with Gasteiger partial charge in [0.15, 0.2) is 5.16 Å². The second-order valence-corrected chi connectivity index (χ2v) is 6.82. The standard InChI is InChI=1S/C19H20N4O3S/c1-11-13(12(2)21-19(20-11)27-3)8-9-17(24)26-10-16-22-15-7-5-4-6-14(15)18(25)23-16/h4-7H,8-10H2,1-3H3,(H,22,23,25). The lowest BCUT2D eigenvalue weighted by Crippen LogP contribution is -2.15. The summed E-state index contributed by atoms with van der Waals surface area (Å²) in [5.74, 6) is -0.0365. The Balaban J connectivity index is 1.62. The van der Waals surface area contributed by atoms with E-state index in [1.165, 1.54) is 11.8 Å². The molecule has 1 N–H and O–H groups in total. The number of benzene rings is 1. The van der Waals surface area contributed by atoms with Crippen LogP contribution in [0.15, 0.2) is 34.2 Å². The van der Waals surface area contributed by atoms with Crippen molar-refractivity contribution in [3.05, 3.63) is 57.4 Å². The van der Waals surface area contributed by atoms with Crippen molar-refractivity contribution < 1.29 is 9.53 Å². The van der Waals surface area contributed by atoms with Gasteiger partial charge in [0.05, 0.1) is 10.9 Å². The van der Waals surface area contributed by atoms with Gasteiger partial charge in [-0.05, 0) is 44.2 Å². The van der Waals surface area contributed by atoms with Gasteiger partial charge >= 0.3 is 5.97 Å². The van der Waals surface area contributed by atoms with Gasteiger partial charge in [0.25, 0.3) is 5.56 Å². The highest BCUT2D eigenvalue weighted by atomic mass is 32.2. The Labute approximate surface area is 160 Å². The molecule has 0 unspecified atom stereocenters. The Bertz CT molecular complexity index is 1030. The van der Waals surface area contributed by atoms with E-state index in [0.717, 1.165) is 22.1 Å². The first kappa shape index (κ1) is 19.0. The van der Waals surface area contributed by atoms with Gasteiger partial charge in [-0.25, -0.2) is 15.0 Å². The van der Waals surface area contributed by atoms with E-state index in [-0.39, 0.29) is 24.6 Å². The Hall–Kier alpha value is -2.74. The second kappa shape index (κ2) is 8.30. The first-order valence-corrected chi connectivity index (χ1v) is 9.72. The molecule has 0 amide bonds. The number of aromatic nitrogens is 4. The van der Waals surface area contributed by atoms with Crippen LogP contribution in [0.4, 0.5) is 0 Å². The molecule has 2 aromatic heterocycles. The van der Waals surface area contributed by atoms with E-state index >= 15 is 0 Å². The number of nitrogens with zero attached hydrogens (tertiary/aromatic N) is 3. The largest absolute Gasteiger partial charge is 0.458 e. The molecular weight excluding hydrogens is 364 g/mol. The fraction of sp³-hybridized carbons (Fsp3) is 0.316. The number of hydrogen-bond donors (Lipinski definition) is 1. The maximum atomic E-state index is 12.1. The maximum Gasteiger partial charge on any atom is 0.306 e. The van der Waals surface area contributed by atoms with Crippen LogP contribution < -0.4 is 5.56 Å². The molecule has 0 radical (unpaired) electrons. The van der Waals surface area contributed by atoms with Crippen molar-refractivity contribution in [1.29, 1.82) is 0 Å². The number of ether oxygens (including phenoxy) is 1. The molecule has 0 bridgehead atoms. The summed E-state index contributed by atoms with van der Waals surface area (Å²) < 4.78 is 5.26. The summed E-state index contributed by atoms with van der Waals surface area (Å²) in [6.45, 7) is 3.76. The minimum Gasteiger partial charge on any atom is -0.458 e. The highest BCUT2D eigenvalue weighted by molar-refractivity contribution is 7.98. The highest BCUT2D eigenvalue weighted by Gasteiger charge is 2.12. The van der Waals surface area contributed by atoms with E-state index in [1.54, 1.807) is 24.3 Å². The monoisotopic (exact) mass is 384 g/mol. The van der Waals surface area contributed by atoms with E-state index in [4.69, 9.17) is 4.74 Å². The molecule has 0 aliphatic rings. The van der Waals surface area contributed by atoms with Crippen molar-refractivity contribution >= 4 is 28.6 Å². The number of aryl methyl sites for hydroxylation is 2. The van der Waals surface area contributed by atoms with Crippen molar-refractivity contribution in [1.82, 2.24) is 19.9 Å². The minimum atomic E-state index is -0.362. The molecular formula is C19H20N4O3S. The molecule has 0 atom stereocenters. The third-order valence-corrected chi connectivity index (χ3v) is 4.74. The summed E-state index contributed by atoms with van der Waals surface area (Å²) in [6.07, 6.45) is 2.64. The first-order chi connectivity index (χ1) is 13.0. The maximum absolute atomic E-state index is 12.1. The molecule has 0 saturated carbocycles. The topological polar surface area (TPSA) is 97.8 Å². The fourth-order valence-electron chi connectivity index (χ4n) is 2.81. The highest BCUT2D eigenvalue weighted by Crippen LogP contribution is 2.17. The molecule has 8 heteroatoms. The number of thioether (sulfide) groups is 1. The lowest BCUT2D eigenvalue weighted by atomic mass is 10.1. The summed E-state index contributed by atoms with van der Waals surface area (Å²) in [7, 11) is 0. The number of carbonyl (C=O) groups excluding carboxylic acids is 1. The molecule has 27 heavy (non-hydrogen) atoms. The number of fused-ring (bicyclic) bond motifs is 1. The summed E-state index contributed by atoms with van der Waals surface area (Å²) in [6, 6.07) is 7.03. The van der Waals surface area contributed by atoms with Crippen LogP contribution in [0.25, 0.3) is 10.9 Å². The summed E-state index contributed by atoms with van der Waals surface area (Å²) in [4.78, 5) is 39.9. The smallest absolute Gasteiger partial charge is 0.306 e. The van der Waals surface area contributed by atoms with E-state index in [2.05, 4.69) is 19.9 Å². The molecule has 7 nitrogen and oxygen atoms in total. The normalized spacial score (nSPS) is 10.9. The van der Waals surface area contributed by atoms with Crippen LogP contribution in [0.2, 0.25) is 0 Å². The van der Waals surface area contributed by atoms with Crippen LogP contribution in [0.5, 0.6) is 0 Å². The SMILES string of the molecule is CSc1nc(C)c(CCC(=O)OCc2nc3ccccc3c(=O)[nH]2)c(C)n1. The third-order valence-electron chi connectivity index (χ3n) is 4.19. The van der Waals surface area contributed by atoms with Gasteiger partial charge in [-0.1, -0.05) is 23.9 Å². The summed E-state index contributed by atoms with van der Waals surface area (Å²) in [5, 5.41) is 1.23. The number of H-pyrrole nitrogens is 1. The summed E-state index contributed by atoms with van der Waals surface area (Å²) >= 11 is 1.49. The van der Waals surface area contributed by atoms with Gasteiger partial charge in [0.2, 0.25) is 0 Å². The van der Waals surface area contributed by atoms with E-state index in [9.17, 15) is 9.59 Å². The molecule has 140 valence electrons. The van der Waals surface area contributed by atoms with Gasteiger partial charge in [-0.2, -0.15) is 0 Å². The van der Waals surface area contributed by atoms with E-state index in [1.807, 2.05) is 20.1 Å². The fourth-order valence-corrected chi connectivity index (χ4v) is 3.27. The van der Waals surface area contributed by atoms with Crippen LogP contribution in [0, 0.1) is 13.8 Å². The molecule has 3 rings (SSSR count).